The average molecular weight is 755 g/mol. The van der Waals surface area contributed by atoms with Crippen molar-refractivity contribution in [3.8, 4) is 22.3 Å². The maximum Gasteiger partial charge on any atom is 0.0468 e. The van der Waals surface area contributed by atoms with Crippen LogP contribution >= 0.6 is 0 Å². The summed E-state index contributed by atoms with van der Waals surface area (Å²) in [7, 11) is 0. The van der Waals surface area contributed by atoms with Gasteiger partial charge in [-0.3, -0.25) is 0 Å². The fraction of sp³-hybridized carbons (Fsp3) is 0.0526. The van der Waals surface area contributed by atoms with E-state index < -0.39 is 0 Å². The van der Waals surface area contributed by atoms with Crippen molar-refractivity contribution in [1.29, 1.82) is 0 Å². The van der Waals surface area contributed by atoms with Gasteiger partial charge < -0.3 is 9.80 Å². The number of anilines is 6. The van der Waals surface area contributed by atoms with E-state index in [1.807, 2.05) is 0 Å². The largest absolute Gasteiger partial charge is 0.310 e. The first-order valence-corrected chi connectivity index (χ1v) is 20.5. The summed E-state index contributed by atoms with van der Waals surface area (Å²) in [4.78, 5) is 4.78. The summed E-state index contributed by atoms with van der Waals surface area (Å²) in [5.74, 6) is 0. The highest BCUT2D eigenvalue weighted by Crippen LogP contribution is 2.56. The van der Waals surface area contributed by atoms with Crippen LogP contribution in [0.15, 0.2) is 218 Å². The van der Waals surface area contributed by atoms with Crippen molar-refractivity contribution in [1.82, 2.24) is 0 Å². The molecule has 0 amide bonds. The van der Waals surface area contributed by atoms with Crippen LogP contribution < -0.4 is 9.80 Å². The first-order valence-electron chi connectivity index (χ1n) is 20.5. The fourth-order valence-corrected chi connectivity index (χ4v) is 9.59. The monoisotopic (exact) mass is 754 g/mol. The Morgan fingerprint density at radius 2 is 0.814 bits per heavy atom. The molecular weight excluding hydrogens is 713 g/mol. The predicted octanol–water partition coefficient (Wildman–Crippen LogP) is 16.1. The van der Waals surface area contributed by atoms with Gasteiger partial charge in [0, 0.05) is 39.5 Å². The highest BCUT2D eigenvalue weighted by Gasteiger charge is 2.39. The summed E-state index contributed by atoms with van der Waals surface area (Å²) in [5.41, 5.74) is 14.4. The van der Waals surface area contributed by atoms with Crippen LogP contribution in [0.2, 0.25) is 0 Å². The van der Waals surface area contributed by atoms with E-state index >= 15 is 0 Å². The number of nitrogens with zero attached hydrogens (tertiary/aromatic N) is 2. The fourth-order valence-electron chi connectivity index (χ4n) is 9.59. The van der Waals surface area contributed by atoms with E-state index in [1.165, 1.54) is 65.7 Å². The molecule has 0 saturated carbocycles. The normalized spacial score (nSPS) is 12.7. The number of benzene rings is 10. The molecule has 0 N–H and O–H groups in total. The van der Waals surface area contributed by atoms with Crippen LogP contribution in [-0.4, -0.2) is 0 Å². The van der Waals surface area contributed by atoms with E-state index in [0.717, 1.165) is 34.1 Å². The van der Waals surface area contributed by atoms with Gasteiger partial charge in [-0.15, -0.1) is 0 Å². The lowest BCUT2D eigenvalue weighted by molar-refractivity contribution is 0.666. The molecule has 10 aromatic rings. The molecule has 280 valence electrons. The zero-order chi connectivity index (χ0) is 39.5. The highest BCUT2D eigenvalue weighted by atomic mass is 15.1. The molecule has 0 atom stereocenters. The number of hydrogen-bond donors (Lipinski definition) is 0. The van der Waals surface area contributed by atoms with E-state index in [2.05, 4.69) is 242 Å². The van der Waals surface area contributed by atoms with Crippen LogP contribution in [0.1, 0.15) is 25.0 Å². The lowest BCUT2D eigenvalue weighted by Crippen LogP contribution is -2.17. The van der Waals surface area contributed by atoms with Gasteiger partial charge in [0.05, 0.1) is 0 Å². The lowest BCUT2D eigenvalue weighted by atomic mass is 9.79. The van der Waals surface area contributed by atoms with Gasteiger partial charge in [-0.2, -0.15) is 0 Å². The third kappa shape index (κ3) is 5.79. The molecule has 2 heteroatoms. The second-order valence-electron chi connectivity index (χ2n) is 16.2. The standard InChI is InChI=1S/C57H42N2/c1-57(2)54-38-48(58(43-20-8-4-9-21-43)45-29-26-41(27-30-45)39-16-6-3-7-17-39)33-35-52(54)55-50-25-15-14-24-49(50)53-37-47(32-34-51(53)56(55)57)59(44-22-10-5-11-23-44)46-31-28-40-18-12-13-19-42(40)36-46/h3-38H,1-2H3. The lowest BCUT2D eigenvalue weighted by Gasteiger charge is -2.29. The van der Waals surface area contributed by atoms with Crippen molar-refractivity contribution in [3.63, 3.8) is 0 Å². The summed E-state index contributed by atoms with van der Waals surface area (Å²) in [6.45, 7) is 4.83. The minimum Gasteiger partial charge on any atom is -0.310 e. The maximum absolute atomic E-state index is 2.44. The smallest absolute Gasteiger partial charge is 0.0468 e. The SMILES string of the molecule is CC1(C)c2cc(N(c3ccccc3)c3ccc(-c4ccccc4)cc3)ccc2-c2c1c1ccc(N(c3ccccc3)c3ccc4ccccc4c3)cc1c1ccccc21. The van der Waals surface area contributed by atoms with Crippen LogP contribution in [0.25, 0.3) is 54.6 Å². The molecule has 11 rings (SSSR count). The number of hydrogen-bond acceptors (Lipinski definition) is 2. The molecule has 59 heavy (non-hydrogen) atoms. The van der Waals surface area contributed by atoms with Crippen molar-refractivity contribution >= 4 is 66.4 Å². The van der Waals surface area contributed by atoms with E-state index in [4.69, 9.17) is 0 Å². The first-order chi connectivity index (χ1) is 29.0. The molecule has 0 heterocycles. The van der Waals surface area contributed by atoms with Gasteiger partial charge in [0.2, 0.25) is 0 Å². The van der Waals surface area contributed by atoms with Gasteiger partial charge in [-0.05, 0) is 138 Å². The molecule has 0 aromatic heterocycles. The zero-order valence-corrected chi connectivity index (χ0v) is 33.2. The topological polar surface area (TPSA) is 6.48 Å². The van der Waals surface area contributed by atoms with Gasteiger partial charge in [0.1, 0.15) is 0 Å². The zero-order valence-electron chi connectivity index (χ0n) is 33.2. The van der Waals surface area contributed by atoms with Gasteiger partial charge in [0.25, 0.3) is 0 Å². The van der Waals surface area contributed by atoms with Gasteiger partial charge in [0.15, 0.2) is 0 Å². The Balaban J connectivity index is 1.07. The van der Waals surface area contributed by atoms with Crippen molar-refractivity contribution in [2.75, 3.05) is 9.80 Å². The Labute approximate surface area is 345 Å². The van der Waals surface area contributed by atoms with Crippen LogP contribution in [-0.2, 0) is 5.41 Å². The highest BCUT2D eigenvalue weighted by molar-refractivity contribution is 6.19. The molecule has 2 nitrogen and oxygen atoms in total. The van der Waals surface area contributed by atoms with Crippen molar-refractivity contribution < 1.29 is 0 Å². The number of rotatable bonds is 7. The van der Waals surface area contributed by atoms with Crippen LogP contribution in [0.4, 0.5) is 34.1 Å². The molecule has 0 radical (unpaired) electrons. The van der Waals surface area contributed by atoms with E-state index in [-0.39, 0.29) is 5.41 Å². The van der Waals surface area contributed by atoms with E-state index in [9.17, 15) is 0 Å². The molecule has 1 aliphatic rings. The molecule has 0 saturated heterocycles. The van der Waals surface area contributed by atoms with Crippen molar-refractivity contribution in [3.05, 3.63) is 230 Å². The summed E-state index contributed by atoms with van der Waals surface area (Å²) in [6, 6.07) is 79.7. The van der Waals surface area contributed by atoms with Crippen LogP contribution in [0, 0.1) is 0 Å². The third-order valence-electron chi connectivity index (χ3n) is 12.3. The number of fused-ring (bicyclic) bond motifs is 9. The molecule has 0 bridgehead atoms. The number of para-hydroxylation sites is 2. The summed E-state index contributed by atoms with van der Waals surface area (Å²) >= 11 is 0. The van der Waals surface area contributed by atoms with E-state index in [0.29, 0.717) is 0 Å². The summed E-state index contributed by atoms with van der Waals surface area (Å²) < 4.78 is 0. The molecule has 0 aliphatic heterocycles. The summed E-state index contributed by atoms with van der Waals surface area (Å²) in [5, 5.41) is 7.59. The predicted molar refractivity (Wildman–Crippen MR) is 251 cm³/mol. The van der Waals surface area contributed by atoms with Gasteiger partial charge in [-0.1, -0.05) is 159 Å². The van der Waals surface area contributed by atoms with Gasteiger partial charge >= 0.3 is 0 Å². The van der Waals surface area contributed by atoms with Crippen molar-refractivity contribution in [2.24, 2.45) is 0 Å². The second-order valence-corrected chi connectivity index (χ2v) is 16.2. The first kappa shape index (κ1) is 34.8. The maximum atomic E-state index is 2.44. The molecule has 10 aromatic carbocycles. The Kier molecular flexibility index (Phi) is 8.20. The van der Waals surface area contributed by atoms with Crippen LogP contribution in [0.5, 0.6) is 0 Å². The Morgan fingerprint density at radius 1 is 0.322 bits per heavy atom. The Hall–Kier alpha value is -7.42. The molecule has 0 fully saturated rings. The quantitative estimate of drug-likeness (QED) is 0.150. The van der Waals surface area contributed by atoms with Crippen LogP contribution in [0.3, 0.4) is 0 Å². The molecule has 1 aliphatic carbocycles. The Morgan fingerprint density at radius 3 is 1.53 bits per heavy atom. The third-order valence-corrected chi connectivity index (χ3v) is 12.3. The molecule has 0 spiro atoms. The summed E-state index contributed by atoms with van der Waals surface area (Å²) in [6.07, 6.45) is 0. The molecule has 0 unspecified atom stereocenters. The minimum absolute atomic E-state index is 0.262. The van der Waals surface area contributed by atoms with Crippen molar-refractivity contribution in [2.45, 2.75) is 19.3 Å². The molecular formula is C57H42N2. The minimum atomic E-state index is -0.262. The van der Waals surface area contributed by atoms with E-state index in [1.54, 1.807) is 0 Å². The van der Waals surface area contributed by atoms with Gasteiger partial charge in [-0.25, -0.2) is 0 Å². The second kappa shape index (κ2) is 13.9. The Bertz CT molecular complexity index is 3170. The average Bonchev–Trinajstić information content (AvgIpc) is 3.54.